The Labute approximate surface area is 211 Å². The van der Waals surface area contributed by atoms with E-state index in [2.05, 4.69) is 46.8 Å². The SMILES string of the molecule is CCCCCCn1c(=O)c(OC)c(OCCCC)c2ccc(OC/C=C(\C)CCC=C(C)C)cc21. The fraction of sp³-hybridized carbons (Fsp3) is 0.567. The number of aromatic nitrogens is 1. The number of hydrogen-bond acceptors (Lipinski definition) is 4. The van der Waals surface area contributed by atoms with E-state index < -0.39 is 0 Å². The lowest BCUT2D eigenvalue weighted by Crippen LogP contribution is -2.23. The molecule has 0 spiro atoms. The minimum atomic E-state index is -0.143. The highest BCUT2D eigenvalue weighted by Crippen LogP contribution is 2.35. The van der Waals surface area contributed by atoms with Crippen molar-refractivity contribution in [2.45, 2.75) is 92.5 Å². The van der Waals surface area contributed by atoms with Gasteiger partial charge in [-0.1, -0.05) is 56.8 Å². The molecule has 0 atom stereocenters. The van der Waals surface area contributed by atoms with Crippen molar-refractivity contribution in [1.82, 2.24) is 4.57 Å². The smallest absolute Gasteiger partial charge is 0.297 e. The van der Waals surface area contributed by atoms with Crippen LogP contribution in [0.4, 0.5) is 0 Å². The van der Waals surface area contributed by atoms with Gasteiger partial charge in [0.1, 0.15) is 12.4 Å². The summed E-state index contributed by atoms with van der Waals surface area (Å²) in [6.07, 6.45) is 12.8. The summed E-state index contributed by atoms with van der Waals surface area (Å²) in [4.78, 5) is 13.4. The number of pyridine rings is 1. The topological polar surface area (TPSA) is 49.7 Å². The number of fused-ring (bicyclic) bond motifs is 1. The third kappa shape index (κ3) is 8.79. The second-order valence-corrected chi connectivity index (χ2v) is 9.44. The molecule has 0 amide bonds. The molecule has 0 fully saturated rings. The van der Waals surface area contributed by atoms with Gasteiger partial charge in [0.25, 0.3) is 5.56 Å². The van der Waals surface area contributed by atoms with Gasteiger partial charge in [-0.2, -0.15) is 0 Å². The van der Waals surface area contributed by atoms with Crippen LogP contribution in [-0.4, -0.2) is 24.9 Å². The van der Waals surface area contributed by atoms with Crippen molar-refractivity contribution < 1.29 is 14.2 Å². The van der Waals surface area contributed by atoms with Gasteiger partial charge in [0.05, 0.1) is 19.2 Å². The molecule has 2 rings (SSSR count). The summed E-state index contributed by atoms with van der Waals surface area (Å²) in [7, 11) is 1.54. The number of ether oxygens (including phenoxy) is 3. The monoisotopic (exact) mass is 483 g/mol. The molecule has 0 unspecified atom stereocenters. The van der Waals surface area contributed by atoms with Crippen LogP contribution in [0.25, 0.3) is 10.9 Å². The Kier molecular flexibility index (Phi) is 12.5. The van der Waals surface area contributed by atoms with Crippen molar-refractivity contribution in [2.24, 2.45) is 0 Å². The standard InChI is InChI=1S/C30H45NO4/c1-7-9-11-12-19-31-27-22-25(34-21-18-24(5)15-13-14-23(3)4)16-17-26(27)28(35-20-10-8-2)29(33-6)30(31)32/h14,16-18,22H,7-13,15,19-21H2,1-6H3/b24-18+. The Hall–Kier alpha value is -2.69. The molecule has 1 aromatic heterocycles. The minimum absolute atomic E-state index is 0.143. The summed E-state index contributed by atoms with van der Waals surface area (Å²) >= 11 is 0. The molecular weight excluding hydrogens is 438 g/mol. The van der Waals surface area contributed by atoms with E-state index in [0.29, 0.717) is 25.5 Å². The molecule has 5 nitrogen and oxygen atoms in total. The summed E-state index contributed by atoms with van der Waals surface area (Å²) in [6.45, 7) is 12.4. The average molecular weight is 484 g/mol. The Morgan fingerprint density at radius 1 is 0.943 bits per heavy atom. The molecule has 0 aliphatic rings. The maximum absolute atomic E-state index is 13.4. The van der Waals surface area contributed by atoms with Crippen LogP contribution in [0.15, 0.2) is 46.3 Å². The van der Waals surface area contributed by atoms with Crippen molar-refractivity contribution in [3.63, 3.8) is 0 Å². The van der Waals surface area contributed by atoms with E-state index in [1.165, 1.54) is 11.1 Å². The normalized spacial score (nSPS) is 11.5. The van der Waals surface area contributed by atoms with Crippen molar-refractivity contribution in [3.05, 3.63) is 51.9 Å². The number of methoxy groups -OCH3 is 1. The van der Waals surface area contributed by atoms with Crippen molar-refractivity contribution >= 4 is 10.9 Å². The first kappa shape index (κ1) is 28.5. The first-order chi connectivity index (χ1) is 16.9. The van der Waals surface area contributed by atoms with Gasteiger partial charge >= 0.3 is 0 Å². The maximum Gasteiger partial charge on any atom is 0.297 e. The van der Waals surface area contributed by atoms with E-state index in [1.54, 1.807) is 7.11 Å². The molecule has 0 saturated carbocycles. The second kappa shape index (κ2) is 15.3. The number of aryl methyl sites for hydroxylation is 1. The molecule has 1 aromatic carbocycles. The van der Waals surface area contributed by atoms with E-state index in [1.807, 2.05) is 22.8 Å². The lowest BCUT2D eigenvalue weighted by Gasteiger charge is -2.18. The van der Waals surface area contributed by atoms with Crippen LogP contribution in [-0.2, 0) is 6.54 Å². The zero-order valence-corrected chi connectivity index (χ0v) is 22.7. The van der Waals surface area contributed by atoms with Crippen LogP contribution in [0, 0.1) is 0 Å². The van der Waals surface area contributed by atoms with Gasteiger partial charge in [-0.25, -0.2) is 0 Å². The predicted octanol–water partition coefficient (Wildman–Crippen LogP) is 7.84. The van der Waals surface area contributed by atoms with E-state index in [9.17, 15) is 4.79 Å². The highest BCUT2D eigenvalue weighted by Gasteiger charge is 2.19. The molecular formula is C30H45NO4. The molecule has 0 bridgehead atoms. The highest BCUT2D eigenvalue weighted by molar-refractivity contribution is 5.89. The molecule has 5 heteroatoms. The number of allylic oxidation sites excluding steroid dienone is 3. The van der Waals surface area contributed by atoms with Crippen LogP contribution in [0.2, 0.25) is 0 Å². The fourth-order valence-electron chi connectivity index (χ4n) is 4.00. The lowest BCUT2D eigenvalue weighted by molar-refractivity contribution is 0.288. The van der Waals surface area contributed by atoms with Gasteiger partial charge in [0.15, 0.2) is 5.75 Å². The zero-order valence-electron chi connectivity index (χ0n) is 22.7. The van der Waals surface area contributed by atoms with Crippen molar-refractivity contribution in [3.8, 4) is 17.2 Å². The predicted molar refractivity (Wildman–Crippen MR) is 147 cm³/mol. The number of rotatable bonds is 16. The number of nitrogens with zero attached hydrogens (tertiary/aromatic N) is 1. The average Bonchev–Trinajstić information content (AvgIpc) is 2.83. The van der Waals surface area contributed by atoms with E-state index >= 15 is 0 Å². The lowest BCUT2D eigenvalue weighted by atomic mass is 10.1. The zero-order chi connectivity index (χ0) is 25.6. The molecule has 35 heavy (non-hydrogen) atoms. The Bertz CT molecular complexity index is 1040. The number of hydrogen-bond donors (Lipinski definition) is 0. The third-order valence-corrected chi connectivity index (χ3v) is 6.11. The van der Waals surface area contributed by atoms with E-state index in [4.69, 9.17) is 14.2 Å². The van der Waals surface area contributed by atoms with Crippen LogP contribution in [0.1, 0.15) is 86.0 Å². The van der Waals surface area contributed by atoms with Crippen LogP contribution in [0.3, 0.4) is 0 Å². The second-order valence-electron chi connectivity index (χ2n) is 9.44. The van der Waals surface area contributed by atoms with Crippen molar-refractivity contribution in [2.75, 3.05) is 20.3 Å². The first-order valence-corrected chi connectivity index (χ1v) is 13.2. The Balaban J connectivity index is 2.35. The summed E-state index contributed by atoms with van der Waals surface area (Å²) in [6, 6.07) is 5.91. The Morgan fingerprint density at radius 3 is 2.40 bits per heavy atom. The van der Waals surface area contributed by atoms with Gasteiger partial charge < -0.3 is 18.8 Å². The van der Waals surface area contributed by atoms with Crippen molar-refractivity contribution in [1.29, 1.82) is 0 Å². The summed E-state index contributed by atoms with van der Waals surface area (Å²) in [5, 5.41) is 0.883. The highest BCUT2D eigenvalue weighted by atomic mass is 16.5. The van der Waals surface area contributed by atoms with E-state index in [-0.39, 0.29) is 11.3 Å². The molecule has 0 N–H and O–H groups in total. The van der Waals surface area contributed by atoms with Gasteiger partial charge in [-0.05, 0) is 64.7 Å². The van der Waals surface area contributed by atoms with Crippen LogP contribution < -0.4 is 19.8 Å². The Morgan fingerprint density at radius 2 is 1.71 bits per heavy atom. The third-order valence-electron chi connectivity index (χ3n) is 6.11. The minimum Gasteiger partial charge on any atom is -0.489 e. The van der Waals surface area contributed by atoms with Gasteiger partial charge in [0, 0.05) is 18.0 Å². The fourth-order valence-corrected chi connectivity index (χ4v) is 4.00. The quantitative estimate of drug-likeness (QED) is 0.180. The molecule has 0 saturated heterocycles. The maximum atomic E-state index is 13.4. The summed E-state index contributed by atoms with van der Waals surface area (Å²) < 4.78 is 19.5. The summed E-state index contributed by atoms with van der Waals surface area (Å²) in [5.41, 5.74) is 3.35. The van der Waals surface area contributed by atoms with Crippen LogP contribution >= 0.6 is 0 Å². The van der Waals surface area contributed by atoms with Crippen LogP contribution in [0.5, 0.6) is 17.2 Å². The molecule has 0 radical (unpaired) electrons. The first-order valence-electron chi connectivity index (χ1n) is 13.2. The van der Waals surface area contributed by atoms with Gasteiger partial charge in [0.2, 0.25) is 5.75 Å². The molecule has 0 aliphatic carbocycles. The molecule has 194 valence electrons. The van der Waals surface area contributed by atoms with Gasteiger partial charge in [-0.15, -0.1) is 0 Å². The largest absolute Gasteiger partial charge is 0.489 e. The summed E-state index contributed by atoms with van der Waals surface area (Å²) in [5.74, 6) is 1.57. The van der Waals surface area contributed by atoms with Gasteiger partial charge in [-0.3, -0.25) is 4.79 Å². The molecule has 1 heterocycles. The van der Waals surface area contributed by atoms with E-state index in [0.717, 1.165) is 68.0 Å². The molecule has 0 aliphatic heterocycles. The number of unbranched alkanes of at least 4 members (excludes halogenated alkanes) is 4. The molecule has 2 aromatic rings. The number of benzene rings is 1.